The van der Waals surface area contributed by atoms with E-state index in [0.29, 0.717) is 11.5 Å². The third-order valence-electron chi connectivity index (χ3n) is 3.71. The van der Waals surface area contributed by atoms with Crippen LogP contribution in [0, 0.1) is 5.41 Å². The summed E-state index contributed by atoms with van der Waals surface area (Å²) in [6.45, 7) is 12.0. The lowest BCUT2D eigenvalue weighted by molar-refractivity contribution is -0.0672. The van der Waals surface area contributed by atoms with Gasteiger partial charge in [0, 0.05) is 12.0 Å². The van der Waals surface area contributed by atoms with Crippen molar-refractivity contribution in [2.45, 2.75) is 32.3 Å². The van der Waals surface area contributed by atoms with E-state index >= 15 is 0 Å². The molecule has 2 rings (SSSR count). The second kappa shape index (κ2) is 4.46. The molecule has 2 nitrogen and oxygen atoms in total. The van der Waals surface area contributed by atoms with Crippen molar-refractivity contribution in [1.29, 1.82) is 0 Å². The summed E-state index contributed by atoms with van der Waals surface area (Å²) < 4.78 is 5.91. The van der Waals surface area contributed by atoms with Crippen LogP contribution in [0.3, 0.4) is 0 Å². The molecule has 0 aromatic rings. The van der Waals surface area contributed by atoms with Crippen LogP contribution in [0.5, 0.6) is 0 Å². The molecule has 1 aliphatic carbocycles. The highest BCUT2D eigenvalue weighted by atomic mass is 16.5. The van der Waals surface area contributed by atoms with Gasteiger partial charge in [-0.25, -0.2) is 0 Å². The van der Waals surface area contributed by atoms with Gasteiger partial charge >= 0.3 is 0 Å². The number of hydrogen-bond donors (Lipinski definition) is 1. The summed E-state index contributed by atoms with van der Waals surface area (Å²) >= 11 is 0. The molecule has 2 fully saturated rings. The van der Waals surface area contributed by atoms with Crippen molar-refractivity contribution in [3.63, 3.8) is 0 Å². The lowest BCUT2D eigenvalue weighted by atomic mass is 9.65. The summed E-state index contributed by atoms with van der Waals surface area (Å²) in [6, 6.07) is 0. The second-order valence-corrected chi connectivity index (χ2v) is 5.08. The van der Waals surface area contributed by atoms with E-state index in [1.807, 2.05) is 19.1 Å². The Morgan fingerprint density at radius 1 is 1.38 bits per heavy atom. The third kappa shape index (κ3) is 2.22. The molecular weight excluding hydrogens is 198 g/mol. The molecule has 88 valence electrons. The molecule has 0 bridgehead atoms. The van der Waals surface area contributed by atoms with E-state index in [4.69, 9.17) is 4.74 Å². The Bertz CT molecular complexity index is 324. The Labute approximate surface area is 98.1 Å². The summed E-state index contributed by atoms with van der Waals surface area (Å²) in [6.07, 6.45) is 7.93. The molecule has 2 atom stereocenters. The minimum atomic E-state index is 0.366. The Hall–Kier alpha value is -1.02. The van der Waals surface area contributed by atoms with Crippen molar-refractivity contribution in [2.75, 3.05) is 13.1 Å². The van der Waals surface area contributed by atoms with Crippen LogP contribution in [0.1, 0.15) is 26.2 Å². The highest BCUT2D eigenvalue weighted by molar-refractivity contribution is 5.20. The van der Waals surface area contributed by atoms with Crippen molar-refractivity contribution in [3.05, 3.63) is 36.6 Å². The van der Waals surface area contributed by atoms with E-state index in [1.165, 1.54) is 19.3 Å². The minimum absolute atomic E-state index is 0.366. The highest BCUT2D eigenvalue weighted by Crippen LogP contribution is 2.48. The van der Waals surface area contributed by atoms with Crippen LogP contribution in [-0.2, 0) is 4.74 Å². The second-order valence-electron chi connectivity index (χ2n) is 5.08. The number of ether oxygens (including phenoxy) is 1. The summed E-state index contributed by atoms with van der Waals surface area (Å²) in [5.74, 6) is 0.763. The highest BCUT2D eigenvalue weighted by Gasteiger charge is 2.50. The maximum Gasteiger partial charge on any atom is 0.112 e. The lowest BCUT2D eigenvalue weighted by Gasteiger charge is -2.46. The van der Waals surface area contributed by atoms with E-state index in [-0.39, 0.29) is 0 Å². The van der Waals surface area contributed by atoms with Crippen molar-refractivity contribution in [1.82, 2.24) is 5.32 Å². The molecule has 1 spiro atoms. The SMILES string of the molecule is C=C(C)/C=C\C(=C)OC1CCC12CCNC2. The Morgan fingerprint density at radius 3 is 2.69 bits per heavy atom. The van der Waals surface area contributed by atoms with Crippen LogP contribution in [0.25, 0.3) is 0 Å². The van der Waals surface area contributed by atoms with Gasteiger partial charge in [-0.1, -0.05) is 24.8 Å². The Kier molecular flexibility index (Phi) is 3.20. The number of allylic oxidation sites excluding steroid dienone is 3. The van der Waals surface area contributed by atoms with Gasteiger partial charge in [0.15, 0.2) is 0 Å². The van der Waals surface area contributed by atoms with Gasteiger partial charge in [-0.15, -0.1) is 0 Å². The molecule has 0 amide bonds. The molecule has 1 heterocycles. The molecule has 0 radical (unpaired) electrons. The number of hydrogen-bond acceptors (Lipinski definition) is 2. The van der Waals surface area contributed by atoms with Gasteiger partial charge in [0.25, 0.3) is 0 Å². The van der Waals surface area contributed by atoms with Gasteiger partial charge in [-0.2, -0.15) is 0 Å². The first kappa shape index (κ1) is 11.5. The molecule has 0 aromatic carbocycles. The maximum absolute atomic E-state index is 5.91. The van der Waals surface area contributed by atoms with Gasteiger partial charge in [0.05, 0.1) is 0 Å². The molecule has 2 unspecified atom stereocenters. The predicted octanol–water partition coefficient (Wildman–Crippen LogP) is 2.79. The minimum Gasteiger partial charge on any atom is -0.490 e. The van der Waals surface area contributed by atoms with Gasteiger partial charge in [-0.3, -0.25) is 0 Å². The fraction of sp³-hybridized carbons (Fsp3) is 0.571. The van der Waals surface area contributed by atoms with Crippen LogP contribution in [0.2, 0.25) is 0 Å². The van der Waals surface area contributed by atoms with Gasteiger partial charge in [0.2, 0.25) is 0 Å². The topological polar surface area (TPSA) is 21.3 Å². The Morgan fingerprint density at radius 2 is 2.19 bits per heavy atom. The van der Waals surface area contributed by atoms with Gasteiger partial charge in [-0.05, 0) is 38.8 Å². The molecule has 0 aromatic heterocycles. The monoisotopic (exact) mass is 219 g/mol. The van der Waals surface area contributed by atoms with Crippen molar-refractivity contribution < 1.29 is 4.74 Å². The van der Waals surface area contributed by atoms with Crippen LogP contribution in [0.4, 0.5) is 0 Å². The first-order valence-electron chi connectivity index (χ1n) is 6.02. The van der Waals surface area contributed by atoms with Gasteiger partial charge < -0.3 is 10.1 Å². The molecule has 1 saturated carbocycles. The maximum atomic E-state index is 5.91. The van der Waals surface area contributed by atoms with E-state index < -0.39 is 0 Å². The summed E-state index contributed by atoms with van der Waals surface area (Å²) in [5.41, 5.74) is 1.43. The average molecular weight is 219 g/mol. The van der Waals surface area contributed by atoms with E-state index in [2.05, 4.69) is 18.5 Å². The summed E-state index contributed by atoms with van der Waals surface area (Å²) in [7, 11) is 0. The van der Waals surface area contributed by atoms with Crippen molar-refractivity contribution in [2.24, 2.45) is 5.41 Å². The molecule has 1 N–H and O–H groups in total. The molecule has 1 saturated heterocycles. The van der Waals surface area contributed by atoms with Crippen LogP contribution in [0.15, 0.2) is 36.6 Å². The van der Waals surface area contributed by atoms with Crippen molar-refractivity contribution in [3.8, 4) is 0 Å². The van der Waals surface area contributed by atoms with Gasteiger partial charge in [0.1, 0.15) is 11.9 Å². The molecular formula is C14H21NO. The zero-order valence-electron chi connectivity index (χ0n) is 10.1. The lowest BCUT2D eigenvalue weighted by Crippen LogP contribution is -2.47. The quantitative estimate of drug-likeness (QED) is 0.580. The number of nitrogens with one attached hydrogen (secondary N) is 1. The fourth-order valence-electron chi connectivity index (χ4n) is 2.56. The van der Waals surface area contributed by atoms with Crippen molar-refractivity contribution >= 4 is 0 Å². The van der Waals surface area contributed by atoms with E-state index in [0.717, 1.165) is 24.4 Å². The zero-order valence-corrected chi connectivity index (χ0v) is 10.1. The number of rotatable bonds is 4. The standard InChI is InChI=1S/C14H21NO/c1-11(2)4-5-12(3)16-13-6-7-14(13)8-9-15-10-14/h4-5,13,15H,1,3,6-10H2,2H3/b5-4-. The Balaban J connectivity index is 1.86. The van der Waals surface area contributed by atoms with Crippen LogP contribution < -0.4 is 5.32 Å². The molecule has 1 aliphatic heterocycles. The van der Waals surface area contributed by atoms with E-state index in [1.54, 1.807) is 0 Å². The largest absolute Gasteiger partial charge is 0.490 e. The summed E-state index contributed by atoms with van der Waals surface area (Å²) in [5, 5.41) is 3.43. The third-order valence-corrected chi connectivity index (χ3v) is 3.71. The fourth-order valence-corrected chi connectivity index (χ4v) is 2.56. The zero-order chi connectivity index (χ0) is 11.6. The first-order valence-corrected chi connectivity index (χ1v) is 6.02. The molecule has 16 heavy (non-hydrogen) atoms. The van der Waals surface area contributed by atoms with E-state index in [9.17, 15) is 0 Å². The predicted molar refractivity (Wildman–Crippen MR) is 67.1 cm³/mol. The average Bonchev–Trinajstić information content (AvgIpc) is 2.72. The smallest absolute Gasteiger partial charge is 0.112 e. The first-order chi connectivity index (χ1) is 7.62. The summed E-state index contributed by atoms with van der Waals surface area (Å²) in [4.78, 5) is 0. The normalized spacial score (nSPS) is 32.9. The van der Waals surface area contributed by atoms with Crippen LogP contribution in [-0.4, -0.2) is 19.2 Å². The molecule has 2 aliphatic rings. The molecule has 2 heteroatoms. The van der Waals surface area contributed by atoms with Crippen LogP contribution >= 0.6 is 0 Å².